The average Bonchev–Trinajstić information content (AvgIpc) is 2.29. The number of hydrogen-bond donors (Lipinski definition) is 1. The second kappa shape index (κ2) is 6.00. The summed E-state index contributed by atoms with van der Waals surface area (Å²) in [5.74, 6) is -2.91. The van der Waals surface area contributed by atoms with Gasteiger partial charge in [0.05, 0.1) is 11.9 Å². The summed E-state index contributed by atoms with van der Waals surface area (Å²) in [6.45, 7) is -0.119. The van der Waals surface area contributed by atoms with E-state index in [1.165, 1.54) is 12.3 Å². The lowest BCUT2D eigenvalue weighted by Gasteiger charge is -2.08. The van der Waals surface area contributed by atoms with E-state index >= 15 is 0 Å². The number of alkyl halides is 3. The number of ether oxygens (including phenoxy) is 1. The van der Waals surface area contributed by atoms with Crippen LogP contribution in [0.15, 0.2) is 16.9 Å². The van der Waals surface area contributed by atoms with E-state index < -0.39 is 24.7 Å². The summed E-state index contributed by atoms with van der Waals surface area (Å²) in [5, 5.41) is 2.08. The van der Waals surface area contributed by atoms with Crippen LogP contribution < -0.4 is 5.32 Å². The predicted molar refractivity (Wildman–Crippen MR) is 62.3 cm³/mol. The fourth-order valence-corrected chi connectivity index (χ4v) is 1.24. The Morgan fingerprint density at radius 3 is 2.63 bits per heavy atom. The van der Waals surface area contributed by atoms with Crippen LogP contribution in [0.4, 0.5) is 18.9 Å². The van der Waals surface area contributed by atoms with Gasteiger partial charge in [0.2, 0.25) is 0 Å². The van der Waals surface area contributed by atoms with Crippen LogP contribution >= 0.6 is 15.9 Å². The van der Waals surface area contributed by atoms with Crippen molar-refractivity contribution in [2.45, 2.75) is 13.1 Å². The van der Waals surface area contributed by atoms with Crippen molar-refractivity contribution in [3.63, 3.8) is 0 Å². The van der Waals surface area contributed by atoms with E-state index in [-0.39, 0.29) is 5.69 Å². The van der Waals surface area contributed by atoms with Crippen molar-refractivity contribution in [3.8, 4) is 0 Å². The first-order valence-corrected chi connectivity index (χ1v) is 5.65. The standard InChI is InChI=1S/C10H8BrF3N2O3/c1-5-2-6(3-15-7(5)11)16-8(17)9(18)19-4-10(12,13)14/h2-3H,4H2,1H3,(H,16,17). The number of aryl methyl sites for hydroxylation is 1. The van der Waals surface area contributed by atoms with Crippen LogP contribution in [0.2, 0.25) is 0 Å². The quantitative estimate of drug-likeness (QED) is 0.509. The maximum Gasteiger partial charge on any atom is 0.422 e. The summed E-state index contributed by atoms with van der Waals surface area (Å²) < 4.78 is 39.7. The zero-order valence-corrected chi connectivity index (χ0v) is 11.1. The largest absolute Gasteiger partial charge is 0.449 e. The smallest absolute Gasteiger partial charge is 0.422 e. The molecule has 1 aromatic rings. The summed E-state index contributed by atoms with van der Waals surface area (Å²) in [5.41, 5.74) is 0.858. The SMILES string of the molecule is Cc1cc(NC(=O)C(=O)OCC(F)(F)F)cnc1Br. The number of pyridine rings is 1. The van der Waals surface area contributed by atoms with Crippen LogP contribution in [0.25, 0.3) is 0 Å². The number of halogens is 4. The minimum absolute atomic E-state index is 0.176. The van der Waals surface area contributed by atoms with Gasteiger partial charge in [-0.1, -0.05) is 0 Å². The second-order valence-electron chi connectivity index (χ2n) is 3.48. The predicted octanol–water partition coefficient (Wildman–Crippen LogP) is 2.20. The molecule has 5 nitrogen and oxygen atoms in total. The highest BCUT2D eigenvalue weighted by Crippen LogP contribution is 2.17. The Labute approximate surface area is 114 Å². The van der Waals surface area contributed by atoms with E-state index in [0.717, 1.165) is 0 Å². The number of carbonyl (C=O) groups is 2. The Morgan fingerprint density at radius 1 is 1.47 bits per heavy atom. The van der Waals surface area contributed by atoms with Gasteiger partial charge in [-0.25, -0.2) is 9.78 Å². The fraction of sp³-hybridized carbons (Fsp3) is 0.300. The molecule has 9 heteroatoms. The molecule has 1 N–H and O–H groups in total. The number of rotatable bonds is 2. The first-order chi connectivity index (χ1) is 8.69. The van der Waals surface area contributed by atoms with E-state index in [0.29, 0.717) is 10.2 Å². The van der Waals surface area contributed by atoms with Gasteiger partial charge in [0.25, 0.3) is 0 Å². The third-order valence-electron chi connectivity index (χ3n) is 1.82. The van der Waals surface area contributed by atoms with Crippen LogP contribution in [0.1, 0.15) is 5.56 Å². The van der Waals surface area contributed by atoms with E-state index in [2.05, 4.69) is 31.0 Å². The lowest BCUT2D eigenvalue weighted by molar-refractivity contribution is -0.186. The zero-order chi connectivity index (χ0) is 14.6. The van der Waals surface area contributed by atoms with Crippen LogP contribution in [0.5, 0.6) is 0 Å². The van der Waals surface area contributed by atoms with E-state index in [9.17, 15) is 22.8 Å². The van der Waals surface area contributed by atoms with Gasteiger partial charge >= 0.3 is 18.1 Å². The molecule has 0 aliphatic heterocycles. The molecule has 0 saturated carbocycles. The maximum atomic E-state index is 11.8. The topological polar surface area (TPSA) is 68.3 Å². The molecule has 0 atom stereocenters. The number of aromatic nitrogens is 1. The molecule has 1 rings (SSSR count). The molecule has 19 heavy (non-hydrogen) atoms. The highest BCUT2D eigenvalue weighted by molar-refractivity contribution is 9.10. The van der Waals surface area contributed by atoms with Crippen LogP contribution in [-0.2, 0) is 14.3 Å². The molecule has 0 spiro atoms. The maximum absolute atomic E-state index is 11.8. The number of anilines is 1. The third-order valence-corrected chi connectivity index (χ3v) is 2.65. The third kappa shape index (κ3) is 5.25. The molecule has 0 aliphatic carbocycles. The Hall–Kier alpha value is -1.64. The Morgan fingerprint density at radius 2 is 2.11 bits per heavy atom. The van der Waals surface area contributed by atoms with E-state index in [1.54, 1.807) is 6.92 Å². The summed E-state index contributed by atoms with van der Waals surface area (Å²) >= 11 is 3.13. The Balaban J connectivity index is 2.59. The highest BCUT2D eigenvalue weighted by Gasteiger charge is 2.31. The fourth-order valence-electron chi connectivity index (χ4n) is 1.02. The molecular formula is C10H8BrF3N2O3. The minimum Gasteiger partial charge on any atom is -0.449 e. The molecule has 0 bridgehead atoms. The monoisotopic (exact) mass is 340 g/mol. The number of carbonyl (C=O) groups excluding carboxylic acids is 2. The van der Waals surface area contributed by atoms with Crippen LogP contribution in [-0.4, -0.2) is 29.6 Å². The molecule has 0 radical (unpaired) electrons. The molecule has 1 heterocycles. The van der Waals surface area contributed by atoms with Gasteiger partial charge in [-0.2, -0.15) is 13.2 Å². The van der Waals surface area contributed by atoms with Gasteiger partial charge in [-0.3, -0.25) is 4.79 Å². The molecule has 0 aliphatic rings. The highest BCUT2D eigenvalue weighted by atomic mass is 79.9. The van der Waals surface area contributed by atoms with Crippen molar-refractivity contribution in [1.82, 2.24) is 4.98 Å². The van der Waals surface area contributed by atoms with Crippen molar-refractivity contribution < 1.29 is 27.5 Å². The molecule has 0 unspecified atom stereocenters. The Bertz CT molecular complexity index is 505. The van der Waals surface area contributed by atoms with Crippen LogP contribution in [0, 0.1) is 6.92 Å². The van der Waals surface area contributed by atoms with Crippen molar-refractivity contribution in [1.29, 1.82) is 0 Å². The lowest BCUT2D eigenvalue weighted by Crippen LogP contribution is -2.29. The van der Waals surface area contributed by atoms with Crippen LogP contribution in [0.3, 0.4) is 0 Å². The lowest BCUT2D eigenvalue weighted by atomic mass is 10.3. The summed E-state index contributed by atoms with van der Waals surface area (Å²) in [6, 6.07) is 1.49. The molecular weight excluding hydrogens is 333 g/mol. The van der Waals surface area contributed by atoms with Gasteiger partial charge in [-0.15, -0.1) is 0 Å². The van der Waals surface area contributed by atoms with Gasteiger partial charge < -0.3 is 10.1 Å². The van der Waals surface area contributed by atoms with E-state index in [4.69, 9.17) is 0 Å². The van der Waals surface area contributed by atoms with Crippen molar-refractivity contribution in [2.75, 3.05) is 11.9 Å². The number of amides is 1. The van der Waals surface area contributed by atoms with Gasteiger partial charge in [0, 0.05) is 0 Å². The molecule has 104 valence electrons. The molecule has 1 aromatic heterocycles. The average molecular weight is 341 g/mol. The number of nitrogens with zero attached hydrogens (tertiary/aromatic N) is 1. The van der Waals surface area contributed by atoms with Gasteiger partial charge in [0.15, 0.2) is 6.61 Å². The summed E-state index contributed by atoms with van der Waals surface area (Å²) in [6.07, 6.45) is -3.43. The zero-order valence-electron chi connectivity index (χ0n) is 9.55. The van der Waals surface area contributed by atoms with Crippen molar-refractivity contribution >= 4 is 33.5 Å². The van der Waals surface area contributed by atoms with Crippen molar-refractivity contribution in [2.24, 2.45) is 0 Å². The molecule has 0 saturated heterocycles. The number of esters is 1. The second-order valence-corrected chi connectivity index (χ2v) is 4.23. The molecule has 1 amide bonds. The van der Waals surface area contributed by atoms with Crippen molar-refractivity contribution in [3.05, 3.63) is 22.4 Å². The van der Waals surface area contributed by atoms with Gasteiger partial charge in [0.1, 0.15) is 4.60 Å². The summed E-state index contributed by atoms with van der Waals surface area (Å²) in [4.78, 5) is 26.1. The minimum atomic E-state index is -4.67. The first kappa shape index (κ1) is 15.4. The Kier molecular flexibility index (Phi) is 4.87. The first-order valence-electron chi connectivity index (χ1n) is 4.86. The molecule has 0 aromatic carbocycles. The summed E-state index contributed by atoms with van der Waals surface area (Å²) in [7, 11) is 0. The number of nitrogens with one attached hydrogen (secondary N) is 1. The molecule has 0 fully saturated rings. The van der Waals surface area contributed by atoms with E-state index in [1.807, 2.05) is 0 Å². The normalized spacial score (nSPS) is 11.0. The van der Waals surface area contributed by atoms with Gasteiger partial charge in [-0.05, 0) is 34.5 Å². The number of hydrogen-bond acceptors (Lipinski definition) is 4.